The predicted molar refractivity (Wildman–Crippen MR) is 61.7 cm³/mol. The van der Waals surface area contributed by atoms with Crippen LogP contribution < -0.4 is 0 Å². The van der Waals surface area contributed by atoms with Gasteiger partial charge >= 0.3 is 5.97 Å². The normalized spacial score (nSPS) is 10.3. The van der Waals surface area contributed by atoms with Crippen molar-refractivity contribution >= 4 is 5.97 Å². The van der Waals surface area contributed by atoms with Gasteiger partial charge in [0, 0.05) is 18.0 Å². The Bertz CT molecular complexity index is 538. The maximum Gasteiger partial charge on any atom is 0.360 e. The maximum absolute atomic E-state index is 11.6. The highest BCUT2D eigenvalue weighted by Crippen LogP contribution is 2.21. The molecule has 0 saturated heterocycles. The number of carbonyl (C=O) groups is 1. The lowest BCUT2D eigenvalue weighted by Gasteiger charge is -2.05. The summed E-state index contributed by atoms with van der Waals surface area (Å²) in [6.45, 7) is 0.156. The highest BCUT2D eigenvalue weighted by atomic mass is 16.5. The monoisotopic (exact) mass is 248 g/mol. The van der Waals surface area contributed by atoms with Gasteiger partial charge in [0.05, 0.1) is 20.3 Å². The van der Waals surface area contributed by atoms with Crippen molar-refractivity contribution in [2.75, 3.05) is 13.7 Å². The van der Waals surface area contributed by atoms with E-state index in [0.717, 1.165) is 5.56 Å². The fourth-order valence-corrected chi connectivity index (χ4v) is 1.59. The van der Waals surface area contributed by atoms with Gasteiger partial charge in [-0.3, -0.25) is 4.98 Å². The van der Waals surface area contributed by atoms with Crippen molar-refractivity contribution in [2.45, 2.75) is 6.54 Å². The average molecular weight is 248 g/mol. The lowest BCUT2D eigenvalue weighted by molar-refractivity contribution is 0.0595. The molecule has 2 aromatic heterocycles. The molecule has 94 valence electrons. The van der Waals surface area contributed by atoms with Crippen LogP contribution in [0.1, 0.15) is 10.5 Å². The van der Waals surface area contributed by atoms with Crippen LogP contribution in [0, 0.1) is 0 Å². The Morgan fingerprint density at radius 2 is 2.17 bits per heavy atom. The SMILES string of the molecule is COC(=O)c1nnn(CCO)c1-c1ccncc1. The molecular formula is C11H12N4O3. The van der Waals surface area contributed by atoms with E-state index in [0.29, 0.717) is 5.69 Å². The van der Waals surface area contributed by atoms with Gasteiger partial charge in [0.25, 0.3) is 0 Å². The van der Waals surface area contributed by atoms with Crippen LogP contribution in [0.3, 0.4) is 0 Å². The number of hydrogen-bond acceptors (Lipinski definition) is 6. The third-order valence-electron chi connectivity index (χ3n) is 2.38. The van der Waals surface area contributed by atoms with Crippen molar-refractivity contribution in [1.29, 1.82) is 0 Å². The van der Waals surface area contributed by atoms with E-state index in [9.17, 15) is 4.79 Å². The van der Waals surface area contributed by atoms with Gasteiger partial charge in [0.1, 0.15) is 5.69 Å². The zero-order valence-electron chi connectivity index (χ0n) is 9.78. The molecule has 0 aliphatic carbocycles. The number of aliphatic hydroxyl groups excluding tert-OH is 1. The fraction of sp³-hybridized carbons (Fsp3) is 0.273. The first-order chi connectivity index (χ1) is 8.77. The molecule has 0 spiro atoms. The average Bonchev–Trinajstić information content (AvgIpc) is 2.83. The molecule has 2 aromatic rings. The van der Waals surface area contributed by atoms with Crippen LogP contribution in [-0.4, -0.2) is 44.8 Å². The Hall–Kier alpha value is -2.28. The standard InChI is InChI=1S/C11H12N4O3/c1-18-11(17)9-10(8-2-4-12-5-3-8)15(6-7-16)14-13-9/h2-5,16H,6-7H2,1H3. The molecule has 0 aromatic carbocycles. The van der Waals surface area contributed by atoms with E-state index in [1.807, 2.05) is 0 Å². The number of carbonyl (C=O) groups excluding carboxylic acids is 1. The van der Waals surface area contributed by atoms with Gasteiger partial charge < -0.3 is 9.84 Å². The van der Waals surface area contributed by atoms with Crippen LogP contribution in [0.4, 0.5) is 0 Å². The second-order valence-corrected chi connectivity index (χ2v) is 3.46. The fourth-order valence-electron chi connectivity index (χ4n) is 1.59. The van der Waals surface area contributed by atoms with Gasteiger partial charge in [-0.05, 0) is 12.1 Å². The van der Waals surface area contributed by atoms with Crippen molar-refractivity contribution in [3.05, 3.63) is 30.2 Å². The van der Waals surface area contributed by atoms with Crippen LogP contribution >= 0.6 is 0 Å². The van der Waals surface area contributed by atoms with E-state index in [2.05, 4.69) is 20.0 Å². The molecule has 0 fully saturated rings. The van der Waals surface area contributed by atoms with Crippen molar-refractivity contribution in [3.8, 4) is 11.3 Å². The summed E-state index contributed by atoms with van der Waals surface area (Å²) in [4.78, 5) is 15.5. The Balaban J connectivity index is 2.54. The minimum Gasteiger partial charge on any atom is -0.464 e. The smallest absolute Gasteiger partial charge is 0.360 e. The minimum atomic E-state index is -0.564. The number of aliphatic hydroxyl groups is 1. The third-order valence-corrected chi connectivity index (χ3v) is 2.38. The first-order valence-corrected chi connectivity index (χ1v) is 5.31. The van der Waals surface area contributed by atoms with E-state index in [1.54, 1.807) is 24.5 Å². The second kappa shape index (κ2) is 5.37. The molecule has 2 heterocycles. The minimum absolute atomic E-state index is 0.0952. The lowest BCUT2D eigenvalue weighted by Crippen LogP contribution is -2.08. The van der Waals surface area contributed by atoms with Crippen LogP contribution in [-0.2, 0) is 11.3 Å². The van der Waals surface area contributed by atoms with Gasteiger partial charge in [-0.1, -0.05) is 5.21 Å². The van der Waals surface area contributed by atoms with Crippen LogP contribution in [0.15, 0.2) is 24.5 Å². The first-order valence-electron chi connectivity index (χ1n) is 5.31. The summed E-state index contributed by atoms with van der Waals surface area (Å²) in [5, 5.41) is 16.6. The van der Waals surface area contributed by atoms with Gasteiger partial charge in [0.2, 0.25) is 0 Å². The van der Waals surface area contributed by atoms with Gasteiger partial charge in [-0.25, -0.2) is 9.48 Å². The van der Waals surface area contributed by atoms with Crippen molar-refractivity contribution in [2.24, 2.45) is 0 Å². The van der Waals surface area contributed by atoms with Crippen LogP contribution in [0.2, 0.25) is 0 Å². The molecule has 2 rings (SSSR count). The molecule has 1 N–H and O–H groups in total. The molecule has 0 unspecified atom stereocenters. The molecule has 0 atom stereocenters. The molecule has 0 saturated carbocycles. The van der Waals surface area contributed by atoms with Crippen LogP contribution in [0.25, 0.3) is 11.3 Å². The molecule has 0 radical (unpaired) electrons. The summed E-state index contributed by atoms with van der Waals surface area (Å²) in [5.74, 6) is -0.564. The molecule has 7 heteroatoms. The summed E-state index contributed by atoms with van der Waals surface area (Å²) < 4.78 is 6.12. The largest absolute Gasteiger partial charge is 0.464 e. The van der Waals surface area contributed by atoms with Crippen molar-refractivity contribution < 1.29 is 14.6 Å². The number of pyridine rings is 1. The number of aromatic nitrogens is 4. The van der Waals surface area contributed by atoms with E-state index in [4.69, 9.17) is 5.11 Å². The molecule has 7 nitrogen and oxygen atoms in total. The molecule has 0 aliphatic heterocycles. The van der Waals surface area contributed by atoms with E-state index in [1.165, 1.54) is 11.8 Å². The molecule has 0 aliphatic rings. The van der Waals surface area contributed by atoms with E-state index >= 15 is 0 Å². The van der Waals surface area contributed by atoms with E-state index in [-0.39, 0.29) is 18.8 Å². The zero-order chi connectivity index (χ0) is 13.0. The lowest BCUT2D eigenvalue weighted by atomic mass is 10.1. The molecular weight excluding hydrogens is 236 g/mol. The topological polar surface area (TPSA) is 90.1 Å². The Morgan fingerprint density at radius 1 is 1.44 bits per heavy atom. The predicted octanol–water partition coefficient (Wildman–Crippen LogP) is 0.119. The number of rotatable bonds is 4. The zero-order valence-corrected chi connectivity index (χ0v) is 9.78. The molecule has 0 amide bonds. The summed E-state index contributed by atoms with van der Waals surface area (Å²) in [7, 11) is 1.28. The number of nitrogens with zero attached hydrogens (tertiary/aromatic N) is 4. The Kier molecular flexibility index (Phi) is 3.63. The highest BCUT2D eigenvalue weighted by molar-refractivity contribution is 5.93. The summed E-state index contributed by atoms with van der Waals surface area (Å²) >= 11 is 0. The van der Waals surface area contributed by atoms with Gasteiger partial charge in [0.15, 0.2) is 5.69 Å². The number of esters is 1. The number of methoxy groups -OCH3 is 1. The first kappa shape index (κ1) is 12.2. The highest BCUT2D eigenvalue weighted by Gasteiger charge is 2.21. The van der Waals surface area contributed by atoms with Crippen LogP contribution in [0.5, 0.6) is 0 Å². The van der Waals surface area contributed by atoms with Gasteiger partial charge in [-0.15, -0.1) is 5.10 Å². The molecule has 0 bridgehead atoms. The Labute approximate surface area is 103 Å². The van der Waals surface area contributed by atoms with Crippen molar-refractivity contribution in [1.82, 2.24) is 20.0 Å². The number of ether oxygens (including phenoxy) is 1. The summed E-state index contributed by atoms with van der Waals surface area (Å²) in [6, 6.07) is 3.47. The maximum atomic E-state index is 11.6. The number of hydrogen-bond donors (Lipinski definition) is 1. The quantitative estimate of drug-likeness (QED) is 0.773. The van der Waals surface area contributed by atoms with Gasteiger partial charge in [-0.2, -0.15) is 0 Å². The Morgan fingerprint density at radius 3 is 2.78 bits per heavy atom. The third kappa shape index (κ3) is 2.21. The van der Waals surface area contributed by atoms with E-state index < -0.39 is 5.97 Å². The van der Waals surface area contributed by atoms with Crippen molar-refractivity contribution in [3.63, 3.8) is 0 Å². The summed E-state index contributed by atoms with van der Waals surface area (Å²) in [5.41, 5.74) is 1.37. The summed E-state index contributed by atoms with van der Waals surface area (Å²) in [6.07, 6.45) is 3.21. The second-order valence-electron chi connectivity index (χ2n) is 3.46. The molecule has 18 heavy (non-hydrogen) atoms.